The van der Waals surface area contributed by atoms with E-state index in [1.807, 2.05) is 0 Å². The fraction of sp³-hybridized carbons (Fsp3) is 1.00. The van der Waals surface area contributed by atoms with Gasteiger partial charge in [-0.05, 0) is 84.1 Å². The van der Waals surface area contributed by atoms with E-state index in [4.69, 9.17) is 11.6 Å². The Morgan fingerprint density at radius 1 is 0.514 bits per heavy atom. The maximum Gasteiger partial charge on any atom is 0.0224 e. The van der Waals surface area contributed by atoms with Gasteiger partial charge < -0.3 is 9.80 Å². The molecule has 0 amide bonds. The highest BCUT2D eigenvalue weighted by atomic mass is 79.9. The Bertz CT molecular complexity index is 425. The number of hydrogen-bond acceptors (Lipinski definition) is 2. The van der Waals surface area contributed by atoms with Crippen molar-refractivity contribution in [1.82, 2.24) is 9.80 Å². The van der Waals surface area contributed by atoms with E-state index >= 15 is 0 Å². The molecule has 1 atom stereocenters. The summed E-state index contributed by atoms with van der Waals surface area (Å²) in [5.41, 5.74) is 0. The zero-order valence-corrected chi connectivity index (χ0v) is 27.9. The van der Waals surface area contributed by atoms with E-state index in [0.29, 0.717) is 0 Å². The number of halogens is 2. The Balaban J connectivity index is 0.000000698. The van der Waals surface area contributed by atoms with Gasteiger partial charge in [0.1, 0.15) is 0 Å². The van der Waals surface area contributed by atoms with Crippen molar-refractivity contribution >= 4 is 28.6 Å². The first-order valence-corrected chi connectivity index (χ1v) is 17.4. The number of alkyl halides is 1. The number of hydrogen-bond donors (Lipinski definition) is 0. The molecule has 2 nitrogen and oxygen atoms in total. The highest BCUT2D eigenvalue weighted by Gasteiger charge is 2.19. The Labute approximate surface area is 250 Å². The van der Waals surface area contributed by atoms with Crippen LogP contribution in [-0.2, 0) is 0 Å². The van der Waals surface area contributed by atoms with Gasteiger partial charge >= 0.3 is 0 Å². The zero-order chi connectivity index (χ0) is 25.9. The Morgan fingerprint density at radius 2 is 0.946 bits per heavy atom. The minimum Gasteiger partial charge on any atom is -0.303 e. The van der Waals surface area contributed by atoms with Crippen LogP contribution in [0.25, 0.3) is 0 Å². The van der Waals surface area contributed by atoms with Crippen molar-refractivity contribution in [2.45, 2.75) is 174 Å². The van der Waals surface area contributed by atoms with Crippen LogP contribution < -0.4 is 0 Å². The lowest BCUT2D eigenvalue weighted by Gasteiger charge is -2.34. The quantitative estimate of drug-likeness (QED) is 0.0945. The van der Waals surface area contributed by atoms with Crippen molar-refractivity contribution in [2.75, 3.05) is 38.6 Å². The first kappa shape index (κ1) is 37.7. The summed E-state index contributed by atoms with van der Waals surface area (Å²) in [6.07, 6.45) is 34.1. The summed E-state index contributed by atoms with van der Waals surface area (Å²) in [4.78, 5) is 5.42. The number of likely N-dealkylation sites (tertiary alicyclic amines) is 2. The molecule has 0 aliphatic carbocycles. The fourth-order valence-corrected chi connectivity index (χ4v) is 6.25. The molecule has 0 N–H and O–H groups in total. The van der Waals surface area contributed by atoms with Gasteiger partial charge in [-0.2, -0.15) is 0 Å². The minimum absolute atomic E-state index is 0. The molecular weight excluding hydrogens is 540 g/mol. The van der Waals surface area contributed by atoms with Crippen molar-refractivity contribution in [3.63, 3.8) is 0 Å². The topological polar surface area (TPSA) is 6.48 Å². The van der Waals surface area contributed by atoms with E-state index in [9.17, 15) is 0 Å². The molecular formula is C33H68BrClN2. The first-order chi connectivity index (χ1) is 17.8. The van der Waals surface area contributed by atoms with Crippen LogP contribution in [0.3, 0.4) is 0 Å². The van der Waals surface area contributed by atoms with Crippen molar-refractivity contribution in [2.24, 2.45) is 0 Å². The predicted octanol–water partition coefficient (Wildman–Crippen LogP) is 11.2. The lowest BCUT2D eigenvalue weighted by molar-refractivity contribution is 0.144. The number of piperidine rings is 2. The van der Waals surface area contributed by atoms with Crippen LogP contribution >= 0.6 is 28.6 Å². The fourth-order valence-electron chi connectivity index (χ4n) is 6.10. The lowest BCUT2D eigenvalue weighted by Crippen LogP contribution is -2.39. The molecule has 4 heteroatoms. The highest BCUT2D eigenvalue weighted by Crippen LogP contribution is 2.21. The summed E-state index contributed by atoms with van der Waals surface area (Å²) >= 11 is 5.90. The van der Waals surface area contributed by atoms with Crippen LogP contribution in [0.2, 0.25) is 0 Å². The maximum atomic E-state index is 5.90. The van der Waals surface area contributed by atoms with Crippen LogP contribution in [0.5, 0.6) is 0 Å². The molecule has 37 heavy (non-hydrogen) atoms. The molecule has 0 saturated carbocycles. The number of nitrogens with zero attached hydrogens (tertiary/aromatic N) is 2. The van der Waals surface area contributed by atoms with Gasteiger partial charge in [-0.3, -0.25) is 0 Å². The standard InChI is InChI=1S/C18H36ClN.C15H31N.BrH/c1-2-3-4-5-6-7-9-13-18(14-12-15-19)20-16-10-8-11-17-20;1-2-3-4-5-6-7-8-10-13-16-14-11-9-12-15-16;/h18H,2-17H2,1H3;2-15H2,1H3;1H. The Morgan fingerprint density at radius 3 is 1.46 bits per heavy atom. The SMILES string of the molecule is Br.CCCCCCCCCC(CCCCl)N1CCCCC1.CCCCCCCCCCN1CCCCC1. The van der Waals surface area contributed by atoms with E-state index in [2.05, 4.69) is 23.6 Å². The molecule has 0 radical (unpaired) electrons. The summed E-state index contributed by atoms with van der Waals surface area (Å²) in [5, 5.41) is 0. The number of unbranched alkanes of at least 4 members (excludes halogenated alkanes) is 13. The Hall–Kier alpha value is 0.690. The molecule has 224 valence electrons. The summed E-state index contributed by atoms with van der Waals surface area (Å²) in [6, 6.07) is 0.824. The van der Waals surface area contributed by atoms with Gasteiger partial charge in [0.25, 0.3) is 0 Å². The third-order valence-corrected chi connectivity index (χ3v) is 8.76. The third kappa shape index (κ3) is 23.1. The van der Waals surface area contributed by atoms with Crippen LogP contribution in [0.15, 0.2) is 0 Å². The highest BCUT2D eigenvalue weighted by molar-refractivity contribution is 8.93. The van der Waals surface area contributed by atoms with E-state index in [0.717, 1.165) is 11.9 Å². The van der Waals surface area contributed by atoms with Crippen LogP contribution in [0.1, 0.15) is 168 Å². The molecule has 2 heterocycles. The van der Waals surface area contributed by atoms with Gasteiger partial charge in [0.2, 0.25) is 0 Å². The second kappa shape index (κ2) is 29.7. The second-order valence-electron chi connectivity index (χ2n) is 11.9. The number of rotatable bonds is 21. The van der Waals surface area contributed by atoms with Gasteiger partial charge in [0, 0.05) is 11.9 Å². The van der Waals surface area contributed by atoms with Gasteiger partial charge in [0.05, 0.1) is 0 Å². The molecule has 2 aliphatic heterocycles. The largest absolute Gasteiger partial charge is 0.303 e. The molecule has 0 aromatic carbocycles. The molecule has 2 rings (SSSR count). The summed E-state index contributed by atoms with van der Waals surface area (Å²) in [5.74, 6) is 0.835. The molecule has 0 spiro atoms. The maximum absolute atomic E-state index is 5.90. The molecule has 1 unspecified atom stereocenters. The van der Waals surface area contributed by atoms with E-state index in [1.54, 1.807) is 0 Å². The van der Waals surface area contributed by atoms with E-state index in [1.165, 1.54) is 187 Å². The average Bonchev–Trinajstić information content (AvgIpc) is 2.93. The summed E-state index contributed by atoms with van der Waals surface area (Å²) < 4.78 is 0. The van der Waals surface area contributed by atoms with E-state index in [-0.39, 0.29) is 17.0 Å². The lowest BCUT2D eigenvalue weighted by atomic mass is 9.98. The molecule has 0 bridgehead atoms. The molecule has 0 aromatic rings. The first-order valence-electron chi connectivity index (χ1n) is 16.8. The van der Waals surface area contributed by atoms with Gasteiger partial charge in [-0.15, -0.1) is 28.6 Å². The van der Waals surface area contributed by atoms with Crippen LogP contribution in [-0.4, -0.2) is 54.4 Å². The van der Waals surface area contributed by atoms with Gasteiger partial charge in [-0.25, -0.2) is 0 Å². The molecule has 2 fully saturated rings. The predicted molar refractivity (Wildman–Crippen MR) is 175 cm³/mol. The van der Waals surface area contributed by atoms with Crippen molar-refractivity contribution in [3.8, 4) is 0 Å². The zero-order valence-electron chi connectivity index (χ0n) is 25.5. The smallest absolute Gasteiger partial charge is 0.0224 e. The molecule has 2 aliphatic rings. The normalized spacial score (nSPS) is 17.6. The van der Waals surface area contributed by atoms with Crippen molar-refractivity contribution in [1.29, 1.82) is 0 Å². The minimum atomic E-state index is 0. The Kier molecular flexibility index (Phi) is 30.2. The second-order valence-corrected chi connectivity index (χ2v) is 12.2. The summed E-state index contributed by atoms with van der Waals surface area (Å²) in [6.45, 7) is 11.4. The van der Waals surface area contributed by atoms with Crippen molar-refractivity contribution in [3.05, 3.63) is 0 Å². The summed E-state index contributed by atoms with van der Waals surface area (Å²) in [7, 11) is 0. The average molecular weight is 608 g/mol. The third-order valence-electron chi connectivity index (χ3n) is 8.50. The van der Waals surface area contributed by atoms with E-state index < -0.39 is 0 Å². The molecule has 0 aromatic heterocycles. The van der Waals surface area contributed by atoms with Crippen LogP contribution in [0, 0.1) is 0 Å². The van der Waals surface area contributed by atoms with Crippen LogP contribution in [0.4, 0.5) is 0 Å². The van der Waals surface area contributed by atoms with Gasteiger partial charge in [0.15, 0.2) is 0 Å². The van der Waals surface area contributed by atoms with Gasteiger partial charge in [-0.1, -0.05) is 117 Å². The van der Waals surface area contributed by atoms with Crippen molar-refractivity contribution < 1.29 is 0 Å². The monoisotopic (exact) mass is 606 g/mol. The molecule has 2 saturated heterocycles.